The average Bonchev–Trinajstić information content (AvgIpc) is 2.72. The Balaban J connectivity index is 1.55. The lowest BCUT2D eigenvalue weighted by molar-refractivity contribution is -0.144. The molecule has 0 aliphatic rings. The molecule has 0 N–H and O–H groups in total. The van der Waals surface area contributed by atoms with E-state index in [2.05, 4.69) is 0 Å². The highest BCUT2D eigenvalue weighted by molar-refractivity contribution is 5.97. The van der Waals surface area contributed by atoms with Crippen LogP contribution in [0.2, 0.25) is 0 Å². The highest BCUT2D eigenvalue weighted by Gasteiger charge is 2.12. The fourth-order valence-electron chi connectivity index (χ4n) is 2.49. The molecule has 0 saturated heterocycles. The molecule has 0 atom stereocenters. The molecule has 0 fully saturated rings. The van der Waals surface area contributed by atoms with Gasteiger partial charge in [0.25, 0.3) is 0 Å². The van der Waals surface area contributed by atoms with Gasteiger partial charge in [0.2, 0.25) is 0 Å². The number of esters is 1. The maximum Gasteiger partial charge on any atom is 0.344 e. The smallest absolute Gasteiger partial charge is 0.344 e. The number of rotatable bonds is 7. The Bertz CT molecular complexity index is 921. The van der Waals surface area contributed by atoms with E-state index in [9.17, 15) is 14.0 Å². The van der Waals surface area contributed by atoms with Crippen LogP contribution in [-0.4, -0.2) is 25.0 Å². The first-order chi connectivity index (χ1) is 13.1. The van der Waals surface area contributed by atoms with E-state index in [-0.39, 0.29) is 12.2 Å². The van der Waals surface area contributed by atoms with E-state index in [1.165, 1.54) is 24.3 Å². The van der Waals surface area contributed by atoms with Crippen molar-refractivity contribution in [2.75, 3.05) is 13.2 Å². The van der Waals surface area contributed by atoms with Crippen LogP contribution in [0.15, 0.2) is 78.9 Å². The standard InChI is InChI=1S/C22H17FO4/c23-18-12-10-17(11-13-18)20(24)14-27-22(25)15-26-21-9-5-4-8-19(21)16-6-2-1-3-7-16/h1-13H,14-15H2. The number of benzene rings is 3. The second-order valence-electron chi connectivity index (χ2n) is 5.74. The van der Waals surface area contributed by atoms with Gasteiger partial charge >= 0.3 is 5.97 Å². The van der Waals surface area contributed by atoms with E-state index >= 15 is 0 Å². The molecule has 0 heterocycles. The van der Waals surface area contributed by atoms with Crippen LogP contribution in [0.25, 0.3) is 11.1 Å². The summed E-state index contributed by atoms with van der Waals surface area (Å²) in [5, 5.41) is 0. The molecule has 0 aromatic heterocycles. The molecule has 3 aromatic carbocycles. The summed E-state index contributed by atoms with van der Waals surface area (Å²) >= 11 is 0. The molecular weight excluding hydrogens is 347 g/mol. The van der Waals surface area contributed by atoms with Gasteiger partial charge in [-0.05, 0) is 35.9 Å². The molecule has 4 nitrogen and oxygen atoms in total. The van der Waals surface area contributed by atoms with Crippen molar-refractivity contribution in [1.82, 2.24) is 0 Å². The van der Waals surface area contributed by atoms with Crippen molar-refractivity contribution >= 4 is 11.8 Å². The minimum Gasteiger partial charge on any atom is -0.481 e. The molecule has 3 rings (SSSR count). The van der Waals surface area contributed by atoms with Crippen molar-refractivity contribution < 1.29 is 23.5 Å². The van der Waals surface area contributed by atoms with Crippen LogP contribution in [0.5, 0.6) is 5.75 Å². The van der Waals surface area contributed by atoms with Gasteiger partial charge < -0.3 is 9.47 Å². The molecule has 0 aliphatic heterocycles. The molecule has 136 valence electrons. The zero-order valence-corrected chi connectivity index (χ0v) is 14.4. The fraction of sp³-hybridized carbons (Fsp3) is 0.0909. The van der Waals surface area contributed by atoms with Crippen LogP contribution in [-0.2, 0) is 9.53 Å². The second-order valence-corrected chi connectivity index (χ2v) is 5.74. The van der Waals surface area contributed by atoms with E-state index in [4.69, 9.17) is 9.47 Å². The average molecular weight is 364 g/mol. The summed E-state index contributed by atoms with van der Waals surface area (Å²) in [7, 11) is 0. The lowest BCUT2D eigenvalue weighted by atomic mass is 10.1. The minimum atomic E-state index is -0.659. The SMILES string of the molecule is O=C(COc1ccccc1-c1ccccc1)OCC(=O)c1ccc(F)cc1. The first-order valence-electron chi connectivity index (χ1n) is 8.35. The van der Waals surface area contributed by atoms with Crippen LogP contribution in [0.3, 0.4) is 0 Å². The Labute approximate surface area is 156 Å². The third kappa shape index (κ3) is 5.01. The quantitative estimate of drug-likeness (QED) is 0.463. The molecule has 27 heavy (non-hydrogen) atoms. The van der Waals surface area contributed by atoms with Crippen molar-refractivity contribution in [3.8, 4) is 16.9 Å². The highest BCUT2D eigenvalue weighted by Crippen LogP contribution is 2.29. The van der Waals surface area contributed by atoms with Gasteiger partial charge in [-0.15, -0.1) is 0 Å². The van der Waals surface area contributed by atoms with Gasteiger partial charge in [0.05, 0.1) is 0 Å². The van der Waals surface area contributed by atoms with Crippen LogP contribution >= 0.6 is 0 Å². The van der Waals surface area contributed by atoms with Gasteiger partial charge in [-0.1, -0.05) is 48.5 Å². The number of Topliss-reactive ketones (excluding diaryl/α,β-unsaturated/α-hetero) is 1. The number of hydrogen-bond acceptors (Lipinski definition) is 4. The number of carbonyl (C=O) groups is 2. The molecule has 0 spiro atoms. The van der Waals surface area contributed by atoms with Gasteiger partial charge in [0.1, 0.15) is 11.6 Å². The molecule has 0 radical (unpaired) electrons. The third-order valence-corrected chi connectivity index (χ3v) is 3.85. The van der Waals surface area contributed by atoms with Crippen molar-refractivity contribution in [2.24, 2.45) is 0 Å². The summed E-state index contributed by atoms with van der Waals surface area (Å²) in [6.07, 6.45) is 0. The Morgan fingerprint density at radius 3 is 2.19 bits per heavy atom. The number of carbonyl (C=O) groups excluding carboxylic acids is 2. The van der Waals surface area contributed by atoms with Crippen LogP contribution in [0.4, 0.5) is 4.39 Å². The summed E-state index contributed by atoms with van der Waals surface area (Å²) in [6.45, 7) is -0.741. The summed E-state index contributed by atoms with van der Waals surface area (Å²) in [5.74, 6) is -0.958. The largest absolute Gasteiger partial charge is 0.481 e. The van der Waals surface area contributed by atoms with Crippen LogP contribution in [0, 0.1) is 5.82 Å². The molecule has 5 heteroatoms. The van der Waals surface area contributed by atoms with Gasteiger partial charge in [-0.3, -0.25) is 4.79 Å². The van der Waals surface area contributed by atoms with Crippen LogP contribution in [0.1, 0.15) is 10.4 Å². The van der Waals surface area contributed by atoms with E-state index in [0.29, 0.717) is 5.75 Å². The van der Waals surface area contributed by atoms with E-state index < -0.39 is 24.2 Å². The maximum atomic E-state index is 12.9. The zero-order valence-electron chi connectivity index (χ0n) is 14.4. The normalized spacial score (nSPS) is 10.3. The van der Waals surface area contributed by atoms with Gasteiger partial charge in [-0.2, -0.15) is 0 Å². The summed E-state index contributed by atoms with van der Waals surface area (Å²) < 4.78 is 23.4. The lowest BCUT2D eigenvalue weighted by Gasteiger charge is -2.11. The predicted molar refractivity (Wildman–Crippen MR) is 99.1 cm³/mol. The molecule has 0 amide bonds. The number of ether oxygens (including phenoxy) is 2. The molecule has 0 aliphatic carbocycles. The predicted octanol–water partition coefficient (Wildman–Crippen LogP) is 4.30. The van der Waals surface area contributed by atoms with Crippen LogP contribution < -0.4 is 4.74 Å². The second kappa shape index (κ2) is 8.76. The monoisotopic (exact) mass is 364 g/mol. The van der Waals surface area contributed by atoms with Gasteiger partial charge in [-0.25, -0.2) is 9.18 Å². The Morgan fingerprint density at radius 2 is 1.44 bits per heavy atom. The third-order valence-electron chi connectivity index (χ3n) is 3.85. The topological polar surface area (TPSA) is 52.6 Å². The van der Waals surface area contributed by atoms with Crippen molar-refractivity contribution in [3.63, 3.8) is 0 Å². The highest BCUT2D eigenvalue weighted by atomic mass is 19.1. The van der Waals surface area contributed by atoms with Gasteiger partial charge in [0.15, 0.2) is 19.0 Å². The Hall–Kier alpha value is -3.47. The number of para-hydroxylation sites is 1. The first kappa shape index (κ1) is 18.3. The zero-order chi connectivity index (χ0) is 19.1. The summed E-state index contributed by atoms with van der Waals surface area (Å²) in [4.78, 5) is 23.8. The van der Waals surface area contributed by atoms with Crippen molar-refractivity contribution in [1.29, 1.82) is 0 Å². The van der Waals surface area contributed by atoms with Crippen molar-refractivity contribution in [3.05, 3.63) is 90.2 Å². The van der Waals surface area contributed by atoms with Crippen molar-refractivity contribution in [2.45, 2.75) is 0 Å². The lowest BCUT2D eigenvalue weighted by Crippen LogP contribution is -2.19. The Kier molecular flexibility index (Phi) is 5.94. The molecule has 3 aromatic rings. The fourth-order valence-corrected chi connectivity index (χ4v) is 2.49. The number of halogens is 1. The molecule has 0 unspecified atom stereocenters. The number of ketones is 1. The molecule has 0 saturated carbocycles. The minimum absolute atomic E-state index is 0.277. The van der Waals surface area contributed by atoms with E-state index in [1.54, 1.807) is 6.07 Å². The first-order valence-corrected chi connectivity index (χ1v) is 8.35. The van der Waals surface area contributed by atoms with E-state index in [1.807, 2.05) is 48.5 Å². The molecular formula is C22H17FO4. The number of hydrogen-bond donors (Lipinski definition) is 0. The van der Waals surface area contributed by atoms with Gasteiger partial charge in [0, 0.05) is 11.1 Å². The Morgan fingerprint density at radius 1 is 0.778 bits per heavy atom. The van der Waals surface area contributed by atoms with E-state index in [0.717, 1.165) is 11.1 Å². The molecule has 0 bridgehead atoms. The summed E-state index contributed by atoms with van der Waals surface area (Å²) in [6, 6.07) is 22.1. The summed E-state index contributed by atoms with van der Waals surface area (Å²) in [5.41, 5.74) is 2.10. The maximum absolute atomic E-state index is 12.9.